The van der Waals surface area contributed by atoms with Gasteiger partial charge in [-0.15, -0.1) is 11.8 Å². The van der Waals surface area contributed by atoms with Crippen LogP contribution in [0.15, 0.2) is 42.2 Å². The van der Waals surface area contributed by atoms with Crippen molar-refractivity contribution in [1.82, 2.24) is 4.90 Å². The van der Waals surface area contributed by atoms with Crippen LogP contribution >= 0.6 is 11.8 Å². The molecule has 1 heterocycles. The lowest BCUT2D eigenvalue weighted by Gasteiger charge is -2.23. The molecule has 1 aromatic carbocycles. The number of aliphatic hydroxyl groups is 1. The Kier molecular flexibility index (Phi) is 9.25. The molecule has 1 aromatic rings. The molecule has 1 amide bonds. The zero-order valence-corrected chi connectivity index (χ0v) is 16.5. The van der Waals surface area contributed by atoms with Gasteiger partial charge in [0.2, 0.25) is 5.91 Å². The van der Waals surface area contributed by atoms with E-state index in [-0.39, 0.29) is 17.7 Å². The first-order chi connectivity index (χ1) is 13.1. The lowest BCUT2D eigenvalue weighted by Crippen LogP contribution is -2.33. The standard InChI is InChI=1S/C21H29NO4S/c23-18(12-11-17-8-4-3-5-9-17)13-14-20-22(19(24)16-27-20)15-7-2-1-6-10-21(25)26/h3-5,8-9,13,20,23H,1-2,6-7,10-12,14-16H2,(H,25,26). The quantitative estimate of drug-likeness (QED) is 0.408. The monoisotopic (exact) mass is 391 g/mol. The maximum absolute atomic E-state index is 12.1. The van der Waals surface area contributed by atoms with Gasteiger partial charge < -0.3 is 15.1 Å². The number of carboxylic acids is 1. The van der Waals surface area contributed by atoms with Crippen LogP contribution in [0.5, 0.6) is 0 Å². The summed E-state index contributed by atoms with van der Waals surface area (Å²) >= 11 is 1.63. The van der Waals surface area contributed by atoms with E-state index >= 15 is 0 Å². The van der Waals surface area contributed by atoms with Crippen molar-refractivity contribution in [2.24, 2.45) is 0 Å². The highest BCUT2D eigenvalue weighted by atomic mass is 32.2. The van der Waals surface area contributed by atoms with Crippen molar-refractivity contribution >= 4 is 23.6 Å². The van der Waals surface area contributed by atoms with E-state index in [0.29, 0.717) is 37.3 Å². The Hall–Kier alpha value is -1.95. The van der Waals surface area contributed by atoms with Gasteiger partial charge in [0.15, 0.2) is 0 Å². The number of thioether (sulfide) groups is 1. The number of carboxylic acid groups (broad SMARTS) is 1. The van der Waals surface area contributed by atoms with Crippen molar-refractivity contribution in [2.75, 3.05) is 12.3 Å². The third kappa shape index (κ3) is 8.08. The molecule has 5 nitrogen and oxygen atoms in total. The second-order valence-electron chi connectivity index (χ2n) is 6.83. The molecule has 0 aliphatic carbocycles. The van der Waals surface area contributed by atoms with Gasteiger partial charge in [-0.05, 0) is 37.3 Å². The Morgan fingerprint density at radius 2 is 1.85 bits per heavy atom. The van der Waals surface area contributed by atoms with Crippen LogP contribution in [0, 0.1) is 0 Å². The van der Waals surface area contributed by atoms with Crippen LogP contribution in [-0.4, -0.2) is 44.7 Å². The summed E-state index contributed by atoms with van der Waals surface area (Å²) in [6.07, 6.45) is 7.55. The topological polar surface area (TPSA) is 77.8 Å². The fourth-order valence-corrected chi connectivity index (χ4v) is 4.27. The van der Waals surface area contributed by atoms with E-state index in [1.54, 1.807) is 11.8 Å². The van der Waals surface area contributed by atoms with Crippen LogP contribution in [0.1, 0.15) is 50.5 Å². The van der Waals surface area contributed by atoms with E-state index in [4.69, 9.17) is 5.11 Å². The third-order valence-corrected chi connectivity index (χ3v) is 5.92. The first-order valence-electron chi connectivity index (χ1n) is 9.61. The number of hydrogen-bond acceptors (Lipinski definition) is 4. The van der Waals surface area contributed by atoms with Crippen LogP contribution in [0.3, 0.4) is 0 Å². The number of rotatable bonds is 12. The van der Waals surface area contributed by atoms with Gasteiger partial charge in [-0.2, -0.15) is 0 Å². The molecule has 1 saturated heterocycles. The van der Waals surface area contributed by atoms with Crippen molar-refractivity contribution in [3.63, 3.8) is 0 Å². The molecule has 1 unspecified atom stereocenters. The number of benzene rings is 1. The summed E-state index contributed by atoms with van der Waals surface area (Å²) < 4.78 is 0. The molecule has 0 spiro atoms. The molecule has 27 heavy (non-hydrogen) atoms. The molecular weight excluding hydrogens is 362 g/mol. The molecular formula is C21H29NO4S. The normalized spacial score (nSPS) is 17.5. The van der Waals surface area contributed by atoms with E-state index in [0.717, 1.165) is 25.7 Å². The van der Waals surface area contributed by atoms with Gasteiger partial charge in [0, 0.05) is 19.4 Å². The number of hydrogen-bond donors (Lipinski definition) is 2. The summed E-state index contributed by atoms with van der Waals surface area (Å²) in [5, 5.41) is 18.9. The maximum Gasteiger partial charge on any atom is 0.303 e. The fraction of sp³-hybridized carbons (Fsp3) is 0.524. The average Bonchev–Trinajstić information content (AvgIpc) is 3.01. The number of carbonyl (C=O) groups is 2. The minimum atomic E-state index is -0.750. The first kappa shape index (κ1) is 21.4. The van der Waals surface area contributed by atoms with Crippen LogP contribution in [0.2, 0.25) is 0 Å². The number of carbonyl (C=O) groups excluding carboxylic acids is 1. The summed E-state index contributed by atoms with van der Waals surface area (Å²) in [6.45, 7) is 0.711. The number of nitrogens with zero attached hydrogens (tertiary/aromatic N) is 1. The lowest BCUT2D eigenvalue weighted by atomic mass is 10.1. The molecule has 2 N–H and O–H groups in total. The Labute approximate surface area is 165 Å². The van der Waals surface area contributed by atoms with E-state index in [9.17, 15) is 14.7 Å². The summed E-state index contributed by atoms with van der Waals surface area (Å²) in [5.41, 5.74) is 1.20. The predicted molar refractivity (Wildman–Crippen MR) is 109 cm³/mol. The highest BCUT2D eigenvalue weighted by molar-refractivity contribution is 8.01. The second kappa shape index (κ2) is 11.7. The first-order valence-corrected chi connectivity index (χ1v) is 10.7. The second-order valence-corrected chi connectivity index (χ2v) is 7.99. The predicted octanol–water partition coefficient (Wildman–Crippen LogP) is 4.39. The van der Waals surface area contributed by atoms with Gasteiger partial charge >= 0.3 is 5.97 Å². The lowest BCUT2D eigenvalue weighted by molar-refractivity contribution is -0.137. The number of aliphatic carboxylic acids is 1. The zero-order valence-electron chi connectivity index (χ0n) is 15.7. The molecule has 1 aliphatic heterocycles. The molecule has 148 valence electrons. The Morgan fingerprint density at radius 1 is 1.11 bits per heavy atom. The van der Waals surface area contributed by atoms with E-state index in [1.807, 2.05) is 29.2 Å². The smallest absolute Gasteiger partial charge is 0.303 e. The minimum absolute atomic E-state index is 0.0930. The molecule has 0 bridgehead atoms. The van der Waals surface area contributed by atoms with Crippen LogP contribution < -0.4 is 0 Å². The van der Waals surface area contributed by atoms with Gasteiger partial charge in [-0.1, -0.05) is 43.2 Å². The van der Waals surface area contributed by atoms with Crippen molar-refractivity contribution in [3.05, 3.63) is 47.7 Å². The molecule has 1 fully saturated rings. The van der Waals surface area contributed by atoms with E-state index in [1.165, 1.54) is 5.56 Å². The van der Waals surface area contributed by atoms with E-state index < -0.39 is 5.97 Å². The molecule has 0 radical (unpaired) electrons. The molecule has 2 rings (SSSR count). The summed E-state index contributed by atoms with van der Waals surface area (Å²) in [6, 6.07) is 10.1. The van der Waals surface area contributed by atoms with Crippen molar-refractivity contribution in [1.29, 1.82) is 0 Å². The SMILES string of the molecule is O=C(O)CCCCCCN1C(=O)CSC1CC=C(O)CCc1ccccc1. The van der Waals surface area contributed by atoms with Gasteiger partial charge in [0.05, 0.1) is 16.9 Å². The molecule has 6 heteroatoms. The number of unbranched alkanes of at least 4 members (excludes halogenated alkanes) is 3. The highest BCUT2D eigenvalue weighted by Crippen LogP contribution is 2.28. The Bertz CT molecular complexity index is 632. The van der Waals surface area contributed by atoms with Crippen LogP contribution in [-0.2, 0) is 16.0 Å². The van der Waals surface area contributed by atoms with Gasteiger partial charge in [-0.25, -0.2) is 0 Å². The molecule has 1 aliphatic rings. The number of aryl methyl sites for hydroxylation is 1. The van der Waals surface area contributed by atoms with Gasteiger partial charge in [0.25, 0.3) is 0 Å². The summed E-state index contributed by atoms with van der Waals surface area (Å²) in [7, 11) is 0. The fourth-order valence-electron chi connectivity index (χ4n) is 3.13. The summed E-state index contributed by atoms with van der Waals surface area (Å²) in [5.74, 6) is 0.294. The third-order valence-electron chi connectivity index (χ3n) is 4.67. The minimum Gasteiger partial charge on any atom is -0.513 e. The van der Waals surface area contributed by atoms with Crippen molar-refractivity contribution in [3.8, 4) is 0 Å². The van der Waals surface area contributed by atoms with Crippen molar-refractivity contribution < 1.29 is 19.8 Å². The average molecular weight is 392 g/mol. The molecule has 0 saturated carbocycles. The van der Waals surface area contributed by atoms with Crippen LogP contribution in [0.25, 0.3) is 0 Å². The zero-order chi connectivity index (χ0) is 19.5. The molecule has 0 aromatic heterocycles. The maximum atomic E-state index is 12.1. The highest BCUT2D eigenvalue weighted by Gasteiger charge is 2.30. The number of allylic oxidation sites excluding steroid dienone is 1. The Balaban J connectivity index is 1.70. The summed E-state index contributed by atoms with van der Waals surface area (Å²) in [4.78, 5) is 24.5. The number of amides is 1. The largest absolute Gasteiger partial charge is 0.513 e. The molecule has 1 atom stereocenters. The van der Waals surface area contributed by atoms with Gasteiger partial charge in [0.1, 0.15) is 0 Å². The van der Waals surface area contributed by atoms with E-state index in [2.05, 4.69) is 12.1 Å². The Morgan fingerprint density at radius 3 is 2.59 bits per heavy atom. The number of aliphatic hydroxyl groups excluding tert-OH is 1. The van der Waals surface area contributed by atoms with Crippen LogP contribution in [0.4, 0.5) is 0 Å². The van der Waals surface area contributed by atoms with Gasteiger partial charge in [-0.3, -0.25) is 9.59 Å². The van der Waals surface area contributed by atoms with Crippen molar-refractivity contribution in [2.45, 2.75) is 56.7 Å².